The number of carbonyl (C=O) groups excluding carboxylic acids is 1. The van der Waals surface area contributed by atoms with E-state index >= 15 is 0 Å². The molecule has 3 aromatic carbocycles. The van der Waals surface area contributed by atoms with Gasteiger partial charge in [-0.2, -0.15) is 0 Å². The summed E-state index contributed by atoms with van der Waals surface area (Å²) in [5, 5.41) is 0.873. The zero-order chi connectivity index (χ0) is 26.7. The van der Waals surface area contributed by atoms with Gasteiger partial charge in [-0.25, -0.2) is 13.8 Å². The summed E-state index contributed by atoms with van der Waals surface area (Å²) >= 11 is 0. The van der Waals surface area contributed by atoms with Gasteiger partial charge in [0.1, 0.15) is 29.5 Å². The van der Waals surface area contributed by atoms with Gasteiger partial charge >= 0.3 is 0 Å². The Morgan fingerprint density at radius 2 is 1.85 bits per heavy atom. The molecule has 0 aliphatic carbocycles. The van der Waals surface area contributed by atoms with Gasteiger partial charge in [0.15, 0.2) is 5.82 Å². The van der Waals surface area contributed by atoms with Crippen molar-refractivity contribution in [1.82, 2.24) is 19.0 Å². The number of piperidine rings is 1. The number of nitrogens with zero attached hydrogens (tertiary/aromatic N) is 4. The van der Waals surface area contributed by atoms with Crippen molar-refractivity contribution in [2.45, 2.75) is 32.0 Å². The molecule has 5 aromatic rings. The average Bonchev–Trinajstić information content (AvgIpc) is 3.48. The molecule has 0 bridgehead atoms. The summed E-state index contributed by atoms with van der Waals surface area (Å²) in [6.07, 6.45) is 1.80. The van der Waals surface area contributed by atoms with Crippen molar-refractivity contribution in [3.63, 3.8) is 0 Å². The largest absolute Gasteiger partial charge is 0.489 e. The molecule has 2 aliphatic heterocycles. The van der Waals surface area contributed by atoms with E-state index in [4.69, 9.17) is 15.5 Å². The van der Waals surface area contributed by atoms with Gasteiger partial charge in [0.25, 0.3) is 5.91 Å². The second-order valence-electron chi connectivity index (χ2n) is 10.4. The topological polar surface area (TPSA) is 78.3 Å². The van der Waals surface area contributed by atoms with Crippen LogP contribution in [-0.4, -0.2) is 50.7 Å². The Labute approximate surface area is 223 Å². The first kappa shape index (κ1) is 23.8. The lowest BCUT2D eigenvalue weighted by Gasteiger charge is -2.31. The molecule has 1 atom stereocenters. The van der Waals surface area contributed by atoms with Crippen LogP contribution in [0.25, 0.3) is 33.5 Å². The molecule has 0 unspecified atom stereocenters. The molecule has 4 heterocycles. The van der Waals surface area contributed by atoms with Gasteiger partial charge in [0, 0.05) is 36.6 Å². The Morgan fingerprint density at radius 1 is 1.03 bits per heavy atom. The van der Waals surface area contributed by atoms with Gasteiger partial charge in [-0.3, -0.25) is 4.79 Å². The Hall–Kier alpha value is -4.24. The number of aromatic nitrogens is 3. The van der Waals surface area contributed by atoms with Crippen LogP contribution in [0.1, 0.15) is 28.8 Å². The van der Waals surface area contributed by atoms with Gasteiger partial charge in [-0.05, 0) is 66.9 Å². The van der Waals surface area contributed by atoms with Crippen LogP contribution in [0, 0.1) is 11.6 Å². The Bertz CT molecular complexity index is 1740. The zero-order valence-corrected chi connectivity index (χ0v) is 21.2. The van der Waals surface area contributed by atoms with Gasteiger partial charge in [-0.15, -0.1) is 0 Å². The molecular formula is C30H27F2N5O2. The lowest BCUT2D eigenvalue weighted by atomic mass is 10.0. The Balaban J connectivity index is 1.37. The van der Waals surface area contributed by atoms with E-state index < -0.39 is 0 Å². The minimum Gasteiger partial charge on any atom is -0.489 e. The average molecular weight is 528 g/mol. The second-order valence-corrected chi connectivity index (χ2v) is 10.4. The van der Waals surface area contributed by atoms with Gasteiger partial charge in [0.05, 0.1) is 23.3 Å². The number of carbonyl (C=O) groups is 1. The molecule has 2 aromatic heterocycles. The number of halogens is 2. The minimum atomic E-state index is -0.335. The predicted octanol–water partition coefficient (Wildman–Crippen LogP) is 4.94. The SMILES string of the molecule is N[C@@H]1CCCN(C(=O)c2cc3c4c(c2)nc(-c2cc5ccc(F)cc5n2Cc2ccc(F)cc2)n4CCO3)C1. The summed E-state index contributed by atoms with van der Waals surface area (Å²) in [7, 11) is 0. The number of benzene rings is 3. The van der Waals surface area contributed by atoms with Crippen LogP contribution < -0.4 is 10.5 Å². The van der Waals surface area contributed by atoms with E-state index in [1.54, 1.807) is 29.2 Å². The number of nitrogens with two attached hydrogens (primary N) is 1. The molecule has 198 valence electrons. The van der Waals surface area contributed by atoms with Gasteiger partial charge in [-0.1, -0.05) is 12.1 Å². The van der Waals surface area contributed by atoms with Crippen molar-refractivity contribution >= 4 is 27.8 Å². The standard InChI is InChI=1S/C30H27F2N5O2/c31-21-6-3-18(4-7-21)16-37-25-15-22(32)8-5-19(25)13-26(37)29-34-24-12-20(14-27-28(24)36(29)10-11-39-27)30(38)35-9-1-2-23(33)17-35/h3-8,12-15,23H,1-2,9-11,16-17,33H2/t23-/m1/s1. The zero-order valence-electron chi connectivity index (χ0n) is 21.2. The fraction of sp³-hybridized carbons (Fsp3) is 0.267. The van der Waals surface area contributed by atoms with Crippen molar-refractivity contribution in [3.8, 4) is 17.3 Å². The summed E-state index contributed by atoms with van der Waals surface area (Å²) < 4.78 is 38.1. The van der Waals surface area contributed by atoms with Crippen molar-refractivity contribution < 1.29 is 18.3 Å². The van der Waals surface area contributed by atoms with Crippen LogP contribution in [0.4, 0.5) is 8.78 Å². The minimum absolute atomic E-state index is 0.0142. The molecule has 1 amide bonds. The van der Waals surface area contributed by atoms with Crippen LogP contribution in [0.5, 0.6) is 5.75 Å². The summed E-state index contributed by atoms with van der Waals surface area (Å²) in [6.45, 7) is 2.64. The molecule has 7 rings (SSSR count). The highest BCUT2D eigenvalue weighted by molar-refractivity contribution is 6.00. The van der Waals surface area contributed by atoms with Crippen LogP contribution in [0.3, 0.4) is 0 Å². The highest BCUT2D eigenvalue weighted by atomic mass is 19.1. The number of amides is 1. The van der Waals surface area contributed by atoms with Crippen molar-refractivity contribution in [1.29, 1.82) is 0 Å². The van der Waals surface area contributed by atoms with E-state index in [0.717, 1.165) is 40.5 Å². The van der Waals surface area contributed by atoms with Gasteiger partial charge in [0.2, 0.25) is 0 Å². The van der Waals surface area contributed by atoms with E-state index in [1.165, 1.54) is 24.3 Å². The van der Waals surface area contributed by atoms with Crippen LogP contribution in [-0.2, 0) is 13.1 Å². The number of rotatable bonds is 4. The maximum atomic E-state index is 14.3. The van der Waals surface area contributed by atoms with Crippen LogP contribution >= 0.6 is 0 Å². The van der Waals surface area contributed by atoms with E-state index in [2.05, 4.69) is 4.57 Å². The molecule has 0 radical (unpaired) electrons. The number of fused-ring (bicyclic) bond motifs is 1. The number of hydrogen-bond acceptors (Lipinski definition) is 4. The Kier molecular flexibility index (Phi) is 5.62. The van der Waals surface area contributed by atoms with E-state index in [1.807, 2.05) is 16.7 Å². The first-order valence-electron chi connectivity index (χ1n) is 13.2. The third-order valence-corrected chi connectivity index (χ3v) is 7.72. The first-order chi connectivity index (χ1) is 18.9. The molecule has 39 heavy (non-hydrogen) atoms. The number of likely N-dealkylation sites (tertiary alicyclic amines) is 1. The lowest BCUT2D eigenvalue weighted by molar-refractivity contribution is 0.0708. The smallest absolute Gasteiger partial charge is 0.254 e. The summed E-state index contributed by atoms with van der Waals surface area (Å²) in [5.41, 5.74) is 10.5. The molecule has 2 N–H and O–H groups in total. The number of hydrogen-bond donors (Lipinski definition) is 1. The number of ether oxygens (including phenoxy) is 1. The fourth-order valence-corrected chi connectivity index (χ4v) is 5.86. The maximum Gasteiger partial charge on any atom is 0.254 e. The first-order valence-corrected chi connectivity index (χ1v) is 13.2. The summed E-state index contributed by atoms with van der Waals surface area (Å²) in [5.74, 6) is 0.607. The van der Waals surface area contributed by atoms with Gasteiger partial charge < -0.3 is 24.5 Å². The quantitative estimate of drug-likeness (QED) is 0.359. The third kappa shape index (κ3) is 4.13. The summed E-state index contributed by atoms with van der Waals surface area (Å²) in [4.78, 5) is 20.2. The third-order valence-electron chi connectivity index (χ3n) is 7.72. The molecule has 1 saturated heterocycles. The molecule has 0 saturated carbocycles. The van der Waals surface area contributed by atoms with Crippen LogP contribution in [0.2, 0.25) is 0 Å². The predicted molar refractivity (Wildman–Crippen MR) is 145 cm³/mol. The summed E-state index contributed by atoms with van der Waals surface area (Å²) in [6, 6.07) is 16.6. The van der Waals surface area contributed by atoms with Crippen molar-refractivity contribution in [2.75, 3.05) is 19.7 Å². The highest BCUT2D eigenvalue weighted by Gasteiger charge is 2.28. The second kappa shape index (κ2) is 9.20. The molecular weight excluding hydrogens is 500 g/mol. The normalized spacial score (nSPS) is 17.1. The van der Waals surface area contributed by atoms with E-state index in [9.17, 15) is 13.6 Å². The van der Waals surface area contributed by atoms with Crippen molar-refractivity contribution in [2.24, 2.45) is 5.73 Å². The molecule has 9 heteroatoms. The molecule has 7 nitrogen and oxygen atoms in total. The lowest BCUT2D eigenvalue weighted by Crippen LogP contribution is -2.45. The molecule has 0 spiro atoms. The van der Waals surface area contributed by atoms with Crippen molar-refractivity contribution in [3.05, 3.63) is 83.4 Å². The fourth-order valence-electron chi connectivity index (χ4n) is 5.86. The Morgan fingerprint density at radius 3 is 2.67 bits per heavy atom. The highest BCUT2D eigenvalue weighted by Crippen LogP contribution is 2.37. The van der Waals surface area contributed by atoms with E-state index in [-0.39, 0.29) is 23.6 Å². The molecule has 1 fully saturated rings. The maximum absolute atomic E-state index is 14.3. The van der Waals surface area contributed by atoms with Crippen LogP contribution in [0.15, 0.2) is 60.7 Å². The number of imidazole rings is 1. The monoisotopic (exact) mass is 527 g/mol. The molecule has 2 aliphatic rings. The van der Waals surface area contributed by atoms with E-state index in [0.29, 0.717) is 55.4 Å².